The van der Waals surface area contributed by atoms with E-state index >= 15 is 0 Å². The predicted molar refractivity (Wildman–Crippen MR) is 78.7 cm³/mol. The summed E-state index contributed by atoms with van der Waals surface area (Å²) in [7, 11) is 2.07. The van der Waals surface area contributed by atoms with E-state index in [4.69, 9.17) is 4.42 Å². The Kier molecular flexibility index (Phi) is 5.10. The molecule has 0 bridgehead atoms. The maximum Gasteiger partial charge on any atom is 0.248 e. The first-order valence-electron chi connectivity index (χ1n) is 6.46. The quantitative estimate of drug-likeness (QED) is 0.812. The molecular formula is C14H18BrN3O. The second-order valence-corrected chi connectivity index (χ2v) is 5.43. The van der Waals surface area contributed by atoms with Crippen LogP contribution >= 0.6 is 15.9 Å². The molecule has 0 saturated heterocycles. The Morgan fingerprint density at radius 3 is 2.79 bits per heavy atom. The number of hydrogen-bond donors (Lipinski definition) is 0. The highest BCUT2D eigenvalue weighted by Crippen LogP contribution is 2.26. The highest BCUT2D eigenvalue weighted by atomic mass is 79.9. The Balaban J connectivity index is 2.05. The van der Waals surface area contributed by atoms with Crippen LogP contribution < -0.4 is 0 Å². The lowest BCUT2D eigenvalue weighted by Crippen LogP contribution is -2.19. The van der Waals surface area contributed by atoms with Crippen LogP contribution in [0.1, 0.15) is 25.7 Å². The van der Waals surface area contributed by atoms with Gasteiger partial charge in [0.15, 0.2) is 0 Å². The van der Waals surface area contributed by atoms with Crippen molar-refractivity contribution in [3.8, 4) is 11.5 Å². The first-order chi connectivity index (χ1) is 9.20. The molecule has 102 valence electrons. The normalized spacial score (nSPS) is 11.2. The molecule has 0 saturated carbocycles. The number of unbranched alkanes of at least 4 members (excludes halogenated alkanes) is 1. The lowest BCUT2D eigenvalue weighted by Gasteiger charge is -2.12. The molecule has 0 N–H and O–H groups in total. The van der Waals surface area contributed by atoms with E-state index in [1.165, 1.54) is 12.8 Å². The first kappa shape index (κ1) is 14.2. The van der Waals surface area contributed by atoms with Crippen molar-refractivity contribution in [1.82, 2.24) is 15.1 Å². The third-order valence-corrected chi connectivity index (χ3v) is 3.56. The summed E-state index contributed by atoms with van der Waals surface area (Å²) in [5, 5.41) is 8.21. The van der Waals surface area contributed by atoms with Gasteiger partial charge >= 0.3 is 0 Å². The van der Waals surface area contributed by atoms with E-state index in [2.05, 4.69) is 45.0 Å². The molecule has 1 heterocycles. The van der Waals surface area contributed by atoms with E-state index in [1.54, 1.807) is 0 Å². The summed E-state index contributed by atoms with van der Waals surface area (Å²) < 4.78 is 6.67. The van der Waals surface area contributed by atoms with Gasteiger partial charge < -0.3 is 4.42 Å². The molecule has 1 aromatic heterocycles. The fraction of sp³-hybridized carbons (Fsp3) is 0.429. The Bertz CT molecular complexity index is 527. The molecule has 0 aliphatic rings. The van der Waals surface area contributed by atoms with E-state index in [9.17, 15) is 0 Å². The van der Waals surface area contributed by atoms with Gasteiger partial charge in [-0.3, -0.25) is 4.90 Å². The predicted octanol–water partition coefficient (Wildman–Crippen LogP) is 3.73. The van der Waals surface area contributed by atoms with Crippen LogP contribution in [0.3, 0.4) is 0 Å². The highest BCUT2D eigenvalue weighted by molar-refractivity contribution is 9.10. The molecule has 4 nitrogen and oxygen atoms in total. The summed E-state index contributed by atoms with van der Waals surface area (Å²) in [5.41, 5.74) is 0.928. The van der Waals surface area contributed by atoms with Gasteiger partial charge in [-0.15, -0.1) is 10.2 Å². The molecule has 2 rings (SSSR count). The van der Waals surface area contributed by atoms with Gasteiger partial charge in [-0.25, -0.2) is 0 Å². The van der Waals surface area contributed by atoms with Gasteiger partial charge in [0.05, 0.1) is 12.1 Å². The fourth-order valence-electron chi connectivity index (χ4n) is 1.80. The molecule has 19 heavy (non-hydrogen) atoms. The maximum absolute atomic E-state index is 5.71. The van der Waals surface area contributed by atoms with Crippen LogP contribution in [0.4, 0.5) is 0 Å². The molecule has 0 radical (unpaired) electrons. The zero-order valence-corrected chi connectivity index (χ0v) is 12.9. The molecule has 5 heteroatoms. The molecule has 0 spiro atoms. The van der Waals surface area contributed by atoms with Crippen molar-refractivity contribution in [1.29, 1.82) is 0 Å². The lowest BCUT2D eigenvalue weighted by atomic mass is 10.2. The number of halogens is 1. The van der Waals surface area contributed by atoms with Gasteiger partial charge in [-0.2, -0.15) is 0 Å². The van der Waals surface area contributed by atoms with Crippen LogP contribution in [0.5, 0.6) is 0 Å². The highest BCUT2D eigenvalue weighted by Gasteiger charge is 2.12. The van der Waals surface area contributed by atoms with Crippen molar-refractivity contribution in [2.45, 2.75) is 26.3 Å². The second-order valence-electron chi connectivity index (χ2n) is 4.57. The first-order valence-corrected chi connectivity index (χ1v) is 7.26. The van der Waals surface area contributed by atoms with Crippen LogP contribution in [-0.4, -0.2) is 28.7 Å². The van der Waals surface area contributed by atoms with E-state index in [-0.39, 0.29) is 0 Å². The Labute approximate surface area is 122 Å². The monoisotopic (exact) mass is 323 g/mol. The number of hydrogen-bond acceptors (Lipinski definition) is 4. The SMILES string of the molecule is CCCCN(C)Cc1nnc(-c2ccccc2Br)o1. The van der Waals surface area contributed by atoms with Gasteiger partial charge in [-0.05, 0) is 48.1 Å². The molecule has 0 fully saturated rings. The average molecular weight is 324 g/mol. The Hall–Kier alpha value is -1.20. The topological polar surface area (TPSA) is 42.2 Å². The maximum atomic E-state index is 5.71. The Morgan fingerprint density at radius 2 is 2.05 bits per heavy atom. The summed E-state index contributed by atoms with van der Waals surface area (Å²) in [5.74, 6) is 1.22. The summed E-state index contributed by atoms with van der Waals surface area (Å²) in [4.78, 5) is 2.20. The summed E-state index contributed by atoms with van der Waals surface area (Å²) >= 11 is 3.49. The smallest absolute Gasteiger partial charge is 0.248 e. The zero-order chi connectivity index (χ0) is 13.7. The van der Waals surface area contributed by atoms with E-state index < -0.39 is 0 Å². The zero-order valence-electron chi connectivity index (χ0n) is 11.3. The minimum atomic E-state index is 0.561. The largest absolute Gasteiger partial charge is 0.419 e. The standard InChI is InChI=1S/C14H18BrN3O/c1-3-4-9-18(2)10-13-16-17-14(19-13)11-7-5-6-8-12(11)15/h5-8H,3-4,9-10H2,1-2H3. The van der Waals surface area contributed by atoms with Gasteiger partial charge in [0, 0.05) is 4.47 Å². The molecule has 0 amide bonds. The van der Waals surface area contributed by atoms with Crippen LogP contribution in [0.2, 0.25) is 0 Å². The minimum Gasteiger partial charge on any atom is -0.419 e. The van der Waals surface area contributed by atoms with Crippen LogP contribution in [0, 0.1) is 0 Å². The molecule has 0 aliphatic carbocycles. The summed E-state index contributed by atoms with van der Waals surface area (Å²) in [6.07, 6.45) is 2.37. The van der Waals surface area contributed by atoms with Gasteiger partial charge in [0.1, 0.15) is 0 Å². The van der Waals surface area contributed by atoms with Crippen LogP contribution in [-0.2, 0) is 6.54 Å². The van der Waals surface area contributed by atoms with Crippen molar-refractivity contribution >= 4 is 15.9 Å². The minimum absolute atomic E-state index is 0.561. The van der Waals surface area contributed by atoms with Crippen molar-refractivity contribution < 1.29 is 4.42 Å². The number of rotatable bonds is 6. The van der Waals surface area contributed by atoms with E-state index in [0.29, 0.717) is 18.3 Å². The van der Waals surface area contributed by atoms with Crippen molar-refractivity contribution in [3.63, 3.8) is 0 Å². The summed E-state index contributed by atoms with van der Waals surface area (Å²) in [6.45, 7) is 3.92. The van der Waals surface area contributed by atoms with E-state index in [0.717, 1.165) is 16.6 Å². The van der Waals surface area contributed by atoms with Crippen LogP contribution in [0.25, 0.3) is 11.5 Å². The molecule has 1 aromatic carbocycles. The number of benzene rings is 1. The molecular weight excluding hydrogens is 306 g/mol. The molecule has 0 atom stereocenters. The number of aromatic nitrogens is 2. The van der Waals surface area contributed by atoms with Crippen molar-refractivity contribution in [2.24, 2.45) is 0 Å². The van der Waals surface area contributed by atoms with Crippen molar-refractivity contribution in [3.05, 3.63) is 34.6 Å². The average Bonchev–Trinajstić information content (AvgIpc) is 2.85. The van der Waals surface area contributed by atoms with E-state index in [1.807, 2.05) is 24.3 Å². The van der Waals surface area contributed by atoms with Crippen LogP contribution in [0.15, 0.2) is 33.2 Å². The third kappa shape index (κ3) is 3.88. The summed E-state index contributed by atoms with van der Waals surface area (Å²) in [6, 6.07) is 7.84. The molecule has 2 aromatic rings. The van der Waals surface area contributed by atoms with Gasteiger partial charge in [0.2, 0.25) is 11.8 Å². The number of nitrogens with zero attached hydrogens (tertiary/aromatic N) is 3. The fourth-order valence-corrected chi connectivity index (χ4v) is 2.25. The second kappa shape index (κ2) is 6.82. The van der Waals surface area contributed by atoms with Crippen molar-refractivity contribution in [2.75, 3.05) is 13.6 Å². The Morgan fingerprint density at radius 1 is 1.26 bits per heavy atom. The third-order valence-electron chi connectivity index (χ3n) is 2.87. The lowest BCUT2D eigenvalue weighted by molar-refractivity contribution is 0.286. The van der Waals surface area contributed by atoms with Gasteiger partial charge in [0.25, 0.3) is 0 Å². The van der Waals surface area contributed by atoms with Gasteiger partial charge in [-0.1, -0.05) is 25.5 Å². The molecule has 0 aliphatic heterocycles. The molecule has 0 unspecified atom stereocenters.